The molecule has 0 aromatic carbocycles. The van der Waals surface area contributed by atoms with Crippen molar-refractivity contribution in [3.8, 4) is 0 Å². The molecule has 0 saturated heterocycles. The van der Waals surface area contributed by atoms with Gasteiger partial charge < -0.3 is 10.2 Å². The van der Waals surface area contributed by atoms with Crippen LogP contribution in [0.25, 0.3) is 0 Å². The highest BCUT2D eigenvalue weighted by Gasteiger charge is 2.15. The Morgan fingerprint density at radius 3 is 1.60 bits per heavy atom. The van der Waals surface area contributed by atoms with E-state index in [4.69, 9.17) is 10.2 Å². The molecular formula is C7H11N3O5. The fraction of sp³-hybridized carbons (Fsp3) is 0.571. The monoisotopic (exact) mass is 217 g/mol. The van der Waals surface area contributed by atoms with E-state index in [0.717, 1.165) is 0 Å². The second-order valence-electron chi connectivity index (χ2n) is 3.02. The molecule has 8 heteroatoms. The van der Waals surface area contributed by atoms with Crippen LogP contribution in [0.3, 0.4) is 0 Å². The molecule has 0 saturated carbocycles. The summed E-state index contributed by atoms with van der Waals surface area (Å²) < 4.78 is 0.849. The maximum absolute atomic E-state index is 11.5. The molecule has 2 atom stereocenters. The van der Waals surface area contributed by atoms with Gasteiger partial charge in [-0.1, -0.05) is 0 Å². The summed E-state index contributed by atoms with van der Waals surface area (Å²) in [5.41, 5.74) is -3.09. The van der Waals surface area contributed by atoms with Crippen molar-refractivity contribution in [3.05, 3.63) is 31.5 Å². The molecule has 0 aliphatic rings. The molecule has 1 aromatic heterocycles. The molecule has 3 N–H and O–H groups in total. The van der Waals surface area contributed by atoms with Gasteiger partial charge in [0, 0.05) is 0 Å². The highest BCUT2D eigenvalue weighted by atomic mass is 16.3. The quantitative estimate of drug-likeness (QED) is 0.516. The number of H-pyrrole nitrogens is 1. The molecule has 0 fully saturated rings. The number of aromatic amines is 1. The Morgan fingerprint density at radius 1 is 1.00 bits per heavy atom. The summed E-state index contributed by atoms with van der Waals surface area (Å²) in [6.07, 6.45) is -2.77. The third kappa shape index (κ3) is 1.90. The van der Waals surface area contributed by atoms with E-state index < -0.39 is 29.5 Å². The zero-order chi connectivity index (χ0) is 11.7. The minimum Gasteiger partial charge on any atom is -0.373 e. The smallest absolute Gasteiger partial charge is 0.340 e. The van der Waals surface area contributed by atoms with Crippen molar-refractivity contribution in [2.45, 2.75) is 26.3 Å². The van der Waals surface area contributed by atoms with Gasteiger partial charge in [-0.15, -0.1) is 0 Å². The molecule has 1 rings (SSSR count). The molecule has 0 aliphatic carbocycles. The van der Waals surface area contributed by atoms with Gasteiger partial charge in [0.1, 0.15) is 12.5 Å². The van der Waals surface area contributed by atoms with E-state index in [0.29, 0.717) is 9.13 Å². The number of hydrogen-bond acceptors (Lipinski definition) is 5. The first-order valence-electron chi connectivity index (χ1n) is 4.19. The Bertz CT molecular complexity index is 477. The number of hydrogen-bond donors (Lipinski definition) is 3. The van der Waals surface area contributed by atoms with Gasteiger partial charge in [-0.3, -0.25) is 4.98 Å². The first kappa shape index (κ1) is 11.4. The number of aliphatic hydroxyl groups excluding tert-OH is 2. The maximum Gasteiger partial charge on any atom is 0.340 e. The normalized spacial score (nSPS) is 14.9. The number of aromatic nitrogens is 3. The Hall–Kier alpha value is -1.67. The maximum atomic E-state index is 11.5. The van der Waals surface area contributed by atoms with Crippen LogP contribution in [0.15, 0.2) is 14.4 Å². The Kier molecular flexibility index (Phi) is 2.91. The first-order chi connectivity index (χ1) is 6.86. The lowest BCUT2D eigenvalue weighted by molar-refractivity contribution is 0.0850. The standard InChI is InChI=1S/C7H11N3O5/c1-3(11)9-5(13)8-6(14)10(4(2)12)7(9)15/h3-4,11-12H,1-2H3,(H,8,13,14). The first-order valence-corrected chi connectivity index (χ1v) is 4.19. The van der Waals surface area contributed by atoms with Gasteiger partial charge in [-0.25, -0.2) is 23.5 Å². The van der Waals surface area contributed by atoms with E-state index in [1.54, 1.807) is 4.98 Å². The van der Waals surface area contributed by atoms with Crippen LogP contribution in [0, 0.1) is 0 Å². The SMILES string of the molecule is CC(O)n1c(=O)[nH]c(=O)n(C(C)O)c1=O. The lowest BCUT2D eigenvalue weighted by Gasteiger charge is -2.11. The highest BCUT2D eigenvalue weighted by molar-refractivity contribution is 4.76. The van der Waals surface area contributed by atoms with Gasteiger partial charge in [-0.05, 0) is 13.8 Å². The van der Waals surface area contributed by atoms with Crippen LogP contribution in [-0.2, 0) is 0 Å². The summed E-state index contributed by atoms with van der Waals surface area (Å²) in [5.74, 6) is 0. The summed E-state index contributed by atoms with van der Waals surface area (Å²) in [6, 6.07) is 0. The van der Waals surface area contributed by atoms with E-state index in [2.05, 4.69) is 0 Å². The predicted octanol–water partition coefficient (Wildman–Crippen LogP) is -2.28. The van der Waals surface area contributed by atoms with Crippen molar-refractivity contribution in [2.24, 2.45) is 0 Å². The van der Waals surface area contributed by atoms with Crippen LogP contribution in [0.1, 0.15) is 26.3 Å². The van der Waals surface area contributed by atoms with E-state index in [9.17, 15) is 14.4 Å². The molecule has 8 nitrogen and oxygen atoms in total. The van der Waals surface area contributed by atoms with Gasteiger partial charge in [0.2, 0.25) is 0 Å². The Balaban J connectivity index is 3.73. The average molecular weight is 217 g/mol. The molecule has 0 radical (unpaired) electrons. The number of rotatable bonds is 2. The van der Waals surface area contributed by atoms with Crippen molar-refractivity contribution >= 4 is 0 Å². The van der Waals surface area contributed by atoms with Crippen LogP contribution in [0.2, 0.25) is 0 Å². The van der Waals surface area contributed by atoms with Gasteiger partial charge >= 0.3 is 17.1 Å². The highest BCUT2D eigenvalue weighted by Crippen LogP contribution is 1.91. The van der Waals surface area contributed by atoms with Crippen molar-refractivity contribution in [3.63, 3.8) is 0 Å². The second-order valence-corrected chi connectivity index (χ2v) is 3.02. The van der Waals surface area contributed by atoms with E-state index in [-0.39, 0.29) is 0 Å². The topological polar surface area (TPSA) is 117 Å². The predicted molar refractivity (Wildman–Crippen MR) is 49.4 cm³/mol. The third-order valence-electron chi connectivity index (χ3n) is 1.81. The Labute approximate surface area is 83.0 Å². The number of aliphatic hydroxyl groups is 2. The van der Waals surface area contributed by atoms with Gasteiger partial charge in [0.05, 0.1) is 0 Å². The Morgan fingerprint density at radius 2 is 1.33 bits per heavy atom. The second kappa shape index (κ2) is 3.83. The van der Waals surface area contributed by atoms with E-state index >= 15 is 0 Å². The largest absolute Gasteiger partial charge is 0.373 e. The average Bonchev–Trinajstić information content (AvgIpc) is 1.99. The van der Waals surface area contributed by atoms with E-state index in [1.807, 2.05) is 0 Å². The van der Waals surface area contributed by atoms with E-state index in [1.165, 1.54) is 13.8 Å². The summed E-state index contributed by atoms with van der Waals surface area (Å²) in [5, 5.41) is 18.3. The zero-order valence-corrected chi connectivity index (χ0v) is 8.17. The number of nitrogens with zero attached hydrogens (tertiary/aromatic N) is 2. The molecule has 0 spiro atoms. The molecule has 1 aromatic rings. The molecule has 1 heterocycles. The summed E-state index contributed by atoms with van der Waals surface area (Å²) in [4.78, 5) is 35.5. The summed E-state index contributed by atoms with van der Waals surface area (Å²) >= 11 is 0. The van der Waals surface area contributed by atoms with Gasteiger partial charge in [-0.2, -0.15) is 0 Å². The zero-order valence-electron chi connectivity index (χ0n) is 8.17. The van der Waals surface area contributed by atoms with Crippen molar-refractivity contribution < 1.29 is 10.2 Å². The van der Waals surface area contributed by atoms with Crippen molar-refractivity contribution in [2.75, 3.05) is 0 Å². The van der Waals surface area contributed by atoms with Crippen LogP contribution < -0.4 is 17.1 Å². The molecule has 2 unspecified atom stereocenters. The molecule has 84 valence electrons. The van der Waals surface area contributed by atoms with Crippen molar-refractivity contribution in [1.82, 2.24) is 14.1 Å². The van der Waals surface area contributed by atoms with Gasteiger partial charge in [0.15, 0.2) is 0 Å². The molecule has 0 amide bonds. The lowest BCUT2D eigenvalue weighted by atomic mass is 10.6. The van der Waals surface area contributed by atoms with Crippen LogP contribution in [0.4, 0.5) is 0 Å². The number of nitrogens with one attached hydrogen (secondary N) is 1. The molecule has 0 aliphatic heterocycles. The summed E-state index contributed by atoms with van der Waals surface area (Å²) in [6.45, 7) is 2.38. The van der Waals surface area contributed by atoms with Gasteiger partial charge in [0.25, 0.3) is 0 Å². The van der Waals surface area contributed by atoms with Crippen molar-refractivity contribution in [1.29, 1.82) is 0 Å². The lowest BCUT2D eigenvalue weighted by Crippen LogP contribution is -2.51. The fourth-order valence-electron chi connectivity index (χ4n) is 1.16. The molecular weight excluding hydrogens is 206 g/mol. The molecule has 0 bridgehead atoms. The minimum absolute atomic E-state index is 0.425. The minimum atomic E-state index is -1.38. The fourth-order valence-corrected chi connectivity index (χ4v) is 1.16. The molecule has 15 heavy (non-hydrogen) atoms. The van der Waals surface area contributed by atoms with Crippen LogP contribution in [-0.4, -0.2) is 24.3 Å². The van der Waals surface area contributed by atoms with Crippen LogP contribution in [0.5, 0.6) is 0 Å². The summed E-state index contributed by atoms with van der Waals surface area (Å²) in [7, 11) is 0. The van der Waals surface area contributed by atoms with Crippen LogP contribution >= 0.6 is 0 Å². The third-order valence-corrected chi connectivity index (χ3v) is 1.81.